The minimum absolute atomic E-state index is 0.0409. The van der Waals surface area contributed by atoms with Crippen LogP contribution in [0.25, 0.3) is 11.0 Å². The summed E-state index contributed by atoms with van der Waals surface area (Å²) in [6, 6.07) is 21.5. The molecule has 1 aliphatic heterocycles. The van der Waals surface area contributed by atoms with Gasteiger partial charge >= 0.3 is 0 Å². The summed E-state index contributed by atoms with van der Waals surface area (Å²) in [5.41, 5.74) is 5.44. The Balaban J connectivity index is 1.25. The maximum atomic E-state index is 13.3. The maximum absolute atomic E-state index is 13.3. The Morgan fingerprint density at radius 3 is 2.45 bits per heavy atom. The highest BCUT2D eigenvalue weighted by atomic mass is 16.5. The average molecular weight is 440 g/mol. The van der Waals surface area contributed by atoms with Gasteiger partial charge in [0.05, 0.1) is 22.9 Å². The molecule has 0 atom stereocenters. The summed E-state index contributed by atoms with van der Waals surface area (Å²) in [7, 11) is 0. The Labute approximate surface area is 194 Å². The van der Waals surface area contributed by atoms with Crippen LogP contribution in [0.2, 0.25) is 0 Å². The number of hydrogen-bond acceptors (Lipinski definition) is 3. The zero-order chi connectivity index (χ0) is 22.8. The van der Waals surface area contributed by atoms with Crippen LogP contribution in [-0.2, 0) is 6.54 Å². The van der Waals surface area contributed by atoms with Crippen LogP contribution < -0.4 is 4.74 Å². The predicted octanol–water partition coefficient (Wildman–Crippen LogP) is 6.00. The zero-order valence-electron chi connectivity index (χ0n) is 19.2. The first-order valence-electron chi connectivity index (χ1n) is 11.6. The maximum Gasteiger partial charge on any atom is 0.257 e. The van der Waals surface area contributed by atoms with Gasteiger partial charge in [0.25, 0.3) is 5.91 Å². The number of ether oxygens (including phenoxy) is 1. The second-order valence-electron chi connectivity index (χ2n) is 8.97. The smallest absolute Gasteiger partial charge is 0.257 e. The fraction of sp³-hybridized carbons (Fsp3) is 0.286. The number of likely N-dealkylation sites (tertiary alicyclic amines) is 1. The summed E-state index contributed by atoms with van der Waals surface area (Å²) in [4.78, 5) is 19.9. The summed E-state index contributed by atoms with van der Waals surface area (Å²) in [5.74, 6) is 1.91. The van der Waals surface area contributed by atoms with Crippen molar-refractivity contribution in [3.05, 3.63) is 89.7 Å². The number of rotatable bonds is 5. The SMILES string of the molecule is Cc1cc2ncn(CC3CCN(C(=O)c4ccccc4Oc4ccccc4)CC3)c2cc1C. The minimum atomic E-state index is 0.0409. The van der Waals surface area contributed by atoms with Crippen LogP contribution in [0, 0.1) is 19.8 Å². The molecule has 0 saturated carbocycles. The Hall–Kier alpha value is -3.60. The molecule has 1 saturated heterocycles. The third-order valence-corrected chi connectivity index (χ3v) is 6.68. The Kier molecular flexibility index (Phi) is 5.86. The first-order valence-corrected chi connectivity index (χ1v) is 11.6. The summed E-state index contributed by atoms with van der Waals surface area (Å²) < 4.78 is 8.28. The lowest BCUT2D eigenvalue weighted by Crippen LogP contribution is -2.39. The van der Waals surface area contributed by atoms with Crippen molar-refractivity contribution in [2.75, 3.05) is 13.1 Å². The summed E-state index contributed by atoms with van der Waals surface area (Å²) in [6.07, 6.45) is 3.92. The number of amides is 1. The van der Waals surface area contributed by atoms with Gasteiger partial charge in [0.15, 0.2) is 0 Å². The van der Waals surface area contributed by atoms with Crippen molar-refractivity contribution < 1.29 is 9.53 Å². The molecule has 0 unspecified atom stereocenters. The average Bonchev–Trinajstić information content (AvgIpc) is 3.21. The molecule has 168 valence electrons. The number of piperidine rings is 1. The number of aromatic nitrogens is 2. The standard InChI is InChI=1S/C28H29N3O2/c1-20-16-25-26(17-21(20)2)31(19-29-25)18-22-12-14-30(15-13-22)28(32)24-10-6-7-11-27(24)33-23-8-4-3-5-9-23/h3-11,16-17,19,22H,12-15,18H2,1-2H3. The minimum Gasteiger partial charge on any atom is -0.457 e. The number of aryl methyl sites for hydroxylation is 2. The number of hydrogen-bond donors (Lipinski definition) is 0. The van der Waals surface area contributed by atoms with E-state index in [0.29, 0.717) is 17.2 Å². The Morgan fingerprint density at radius 2 is 1.67 bits per heavy atom. The van der Waals surface area contributed by atoms with E-state index < -0.39 is 0 Å². The number of fused-ring (bicyclic) bond motifs is 1. The van der Waals surface area contributed by atoms with E-state index in [-0.39, 0.29) is 5.91 Å². The summed E-state index contributed by atoms with van der Waals surface area (Å²) in [5, 5.41) is 0. The van der Waals surface area contributed by atoms with Gasteiger partial charge in [-0.3, -0.25) is 4.79 Å². The van der Waals surface area contributed by atoms with Crippen LogP contribution in [0.1, 0.15) is 34.3 Å². The number of carbonyl (C=O) groups excluding carboxylic acids is 1. The number of benzene rings is 3. The molecule has 0 spiro atoms. The van der Waals surface area contributed by atoms with Crippen molar-refractivity contribution >= 4 is 16.9 Å². The molecule has 1 amide bonds. The van der Waals surface area contributed by atoms with Gasteiger partial charge in [-0.15, -0.1) is 0 Å². The topological polar surface area (TPSA) is 47.4 Å². The molecular weight excluding hydrogens is 410 g/mol. The molecule has 33 heavy (non-hydrogen) atoms. The van der Waals surface area contributed by atoms with E-state index in [1.165, 1.54) is 16.6 Å². The van der Waals surface area contributed by atoms with Crippen molar-refractivity contribution in [3.8, 4) is 11.5 Å². The second-order valence-corrected chi connectivity index (χ2v) is 8.97. The normalized spacial score (nSPS) is 14.5. The molecule has 1 aromatic heterocycles. The molecule has 1 aliphatic rings. The van der Waals surface area contributed by atoms with Crippen LogP contribution in [0.4, 0.5) is 0 Å². The van der Waals surface area contributed by atoms with E-state index in [1.807, 2.05) is 65.8 Å². The molecular formula is C28H29N3O2. The Morgan fingerprint density at radius 1 is 0.970 bits per heavy atom. The lowest BCUT2D eigenvalue weighted by molar-refractivity contribution is 0.0681. The molecule has 2 heterocycles. The number of imidazole rings is 1. The van der Waals surface area contributed by atoms with Gasteiger partial charge in [-0.2, -0.15) is 0 Å². The summed E-state index contributed by atoms with van der Waals surface area (Å²) in [6.45, 7) is 6.73. The first kappa shape index (κ1) is 21.3. The lowest BCUT2D eigenvalue weighted by atomic mass is 9.96. The van der Waals surface area contributed by atoms with Gasteiger partial charge in [0, 0.05) is 19.6 Å². The monoisotopic (exact) mass is 439 g/mol. The third-order valence-electron chi connectivity index (χ3n) is 6.68. The molecule has 0 radical (unpaired) electrons. The van der Waals surface area contributed by atoms with Crippen LogP contribution in [0.5, 0.6) is 11.5 Å². The molecule has 0 N–H and O–H groups in total. The van der Waals surface area contributed by atoms with Crippen molar-refractivity contribution in [2.24, 2.45) is 5.92 Å². The molecule has 5 rings (SSSR count). The number of carbonyl (C=O) groups is 1. The van der Waals surface area contributed by atoms with E-state index in [1.54, 1.807) is 0 Å². The van der Waals surface area contributed by atoms with Crippen molar-refractivity contribution in [3.63, 3.8) is 0 Å². The first-order chi connectivity index (χ1) is 16.1. The van der Waals surface area contributed by atoms with E-state index in [2.05, 4.69) is 35.5 Å². The highest BCUT2D eigenvalue weighted by Crippen LogP contribution is 2.29. The van der Waals surface area contributed by atoms with Gasteiger partial charge in [-0.25, -0.2) is 4.98 Å². The van der Waals surface area contributed by atoms with E-state index in [4.69, 9.17) is 4.74 Å². The van der Waals surface area contributed by atoms with Gasteiger partial charge in [0.2, 0.25) is 0 Å². The molecule has 5 nitrogen and oxygen atoms in total. The Bertz CT molecular complexity index is 1270. The van der Waals surface area contributed by atoms with Gasteiger partial charge in [0.1, 0.15) is 11.5 Å². The highest BCUT2D eigenvalue weighted by molar-refractivity contribution is 5.97. The van der Waals surface area contributed by atoms with E-state index >= 15 is 0 Å². The fourth-order valence-electron chi connectivity index (χ4n) is 4.57. The molecule has 0 aliphatic carbocycles. The lowest BCUT2D eigenvalue weighted by Gasteiger charge is -2.32. The number of nitrogens with zero attached hydrogens (tertiary/aromatic N) is 3. The van der Waals surface area contributed by atoms with E-state index in [0.717, 1.165) is 43.7 Å². The predicted molar refractivity (Wildman–Crippen MR) is 131 cm³/mol. The van der Waals surface area contributed by atoms with Crippen LogP contribution in [0.3, 0.4) is 0 Å². The van der Waals surface area contributed by atoms with Crippen molar-refractivity contribution in [2.45, 2.75) is 33.2 Å². The van der Waals surface area contributed by atoms with Crippen molar-refractivity contribution in [1.82, 2.24) is 14.5 Å². The second kappa shape index (κ2) is 9.10. The molecule has 5 heteroatoms. The van der Waals surface area contributed by atoms with Crippen LogP contribution in [0.15, 0.2) is 73.1 Å². The van der Waals surface area contributed by atoms with Crippen LogP contribution in [-0.4, -0.2) is 33.4 Å². The van der Waals surface area contributed by atoms with Crippen molar-refractivity contribution in [1.29, 1.82) is 0 Å². The van der Waals surface area contributed by atoms with E-state index in [9.17, 15) is 4.79 Å². The molecule has 1 fully saturated rings. The number of para-hydroxylation sites is 2. The fourth-order valence-corrected chi connectivity index (χ4v) is 4.57. The van der Waals surface area contributed by atoms with Gasteiger partial charge in [-0.1, -0.05) is 30.3 Å². The molecule has 4 aromatic rings. The quantitative estimate of drug-likeness (QED) is 0.383. The molecule has 3 aromatic carbocycles. The zero-order valence-corrected chi connectivity index (χ0v) is 19.2. The van der Waals surface area contributed by atoms with Crippen LogP contribution >= 0.6 is 0 Å². The van der Waals surface area contributed by atoms with Gasteiger partial charge < -0.3 is 14.2 Å². The van der Waals surface area contributed by atoms with Gasteiger partial charge in [-0.05, 0) is 80.1 Å². The molecule has 0 bridgehead atoms. The third kappa shape index (κ3) is 4.49. The highest BCUT2D eigenvalue weighted by Gasteiger charge is 2.26. The summed E-state index contributed by atoms with van der Waals surface area (Å²) >= 11 is 0. The largest absolute Gasteiger partial charge is 0.457 e.